The zero-order chi connectivity index (χ0) is 8.15. The number of carbonyl (C=O) groups excluding carboxylic acids is 1. The Kier molecular flexibility index (Phi) is 4.02. The van der Waals surface area contributed by atoms with Gasteiger partial charge in [0.15, 0.2) is 0 Å². The van der Waals surface area contributed by atoms with Gasteiger partial charge in [0.05, 0.1) is 0 Å². The Bertz CT molecular complexity index is 148. The molecule has 0 aromatic carbocycles. The second-order valence-electron chi connectivity index (χ2n) is 1.75. The zero-order valence-electron chi connectivity index (χ0n) is 5.43. The molecule has 0 unspecified atom stereocenters. The van der Waals surface area contributed by atoms with E-state index in [0.717, 1.165) is 0 Å². The lowest BCUT2D eigenvalue weighted by molar-refractivity contribution is -0.140. The van der Waals surface area contributed by atoms with Crippen molar-refractivity contribution in [2.45, 2.75) is 13.0 Å². The average Bonchev–Trinajstić information content (AvgIpc) is 1.81. The van der Waals surface area contributed by atoms with Crippen LogP contribution in [0.3, 0.4) is 0 Å². The molecule has 0 saturated carbocycles. The van der Waals surface area contributed by atoms with Gasteiger partial charge in [0.1, 0.15) is 6.04 Å². The number of rotatable bonds is 3. The van der Waals surface area contributed by atoms with Crippen LogP contribution in [0, 0.1) is 0 Å². The third-order valence-electron chi connectivity index (χ3n) is 0.830. The van der Waals surface area contributed by atoms with Crippen molar-refractivity contribution in [2.24, 2.45) is 0 Å². The zero-order valence-corrected chi connectivity index (χ0v) is 7.01. The van der Waals surface area contributed by atoms with E-state index in [4.69, 9.17) is 5.11 Å². The Morgan fingerprint density at radius 3 is 2.30 bits per heavy atom. The van der Waals surface area contributed by atoms with Gasteiger partial charge in [-0.05, 0) is 0 Å². The molecule has 0 aliphatic heterocycles. The Hall–Kier alpha value is -0.580. The Morgan fingerprint density at radius 1 is 1.70 bits per heavy atom. The number of carboxylic acid groups (broad SMARTS) is 1. The Balaban J connectivity index is 3.83. The fraction of sp³-hybridized carbons (Fsp3) is 0.600. The highest BCUT2D eigenvalue weighted by molar-refractivity contribution is 9.09. The Labute approximate surface area is 66.7 Å². The van der Waals surface area contributed by atoms with E-state index in [-0.39, 0.29) is 11.2 Å². The second-order valence-corrected chi connectivity index (χ2v) is 2.39. The van der Waals surface area contributed by atoms with Crippen LogP contribution in [0.4, 0.5) is 0 Å². The molecule has 2 N–H and O–H groups in total. The van der Waals surface area contributed by atoms with Gasteiger partial charge < -0.3 is 10.4 Å². The summed E-state index contributed by atoms with van der Waals surface area (Å²) in [4.78, 5) is 20.5. The van der Waals surface area contributed by atoms with Crippen LogP contribution in [-0.4, -0.2) is 28.4 Å². The number of hydrogen-bond acceptors (Lipinski definition) is 2. The summed E-state index contributed by atoms with van der Waals surface area (Å²) in [6.07, 6.45) is 0. The fourth-order valence-electron chi connectivity index (χ4n) is 0.412. The van der Waals surface area contributed by atoms with Gasteiger partial charge in [-0.15, -0.1) is 0 Å². The topological polar surface area (TPSA) is 66.4 Å². The van der Waals surface area contributed by atoms with Crippen molar-refractivity contribution in [3.63, 3.8) is 0 Å². The first-order valence-electron chi connectivity index (χ1n) is 2.63. The molecule has 4 nitrogen and oxygen atoms in total. The van der Waals surface area contributed by atoms with Gasteiger partial charge in [-0.2, -0.15) is 0 Å². The molecule has 0 heterocycles. The van der Waals surface area contributed by atoms with E-state index < -0.39 is 12.0 Å². The minimum atomic E-state index is -1.04. The quantitative estimate of drug-likeness (QED) is 0.642. The van der Waals surface area contributed by atoms with Gasteiger partial charge in [-0.3, -0.25) is 4.79 Å². The van der Waals surface area contributed by atoms with Crippen LogP contribution in [-0.2, 0) is 9.59 Å². The van der Waals surface area contributed by atoms with Crippen LogP contribution < -0.4 is 5.32 Å². The summed E-state index contributed by atoms with van der Waals surface area (Å²) < 4.78 is 0. The molecule has 58 valence electrons. The summed E-state index contributed by atoms with van der Waals surface area (Å²) in [5, 5.41) is 10.8. The number of carboxylic acids is 1. The van der Waals surface area contributed by atoms with Gasteiger partial charge in [-0.1, -0.05) is 15.9 Å². The minimum Gasteiger partial charge on any atom is -0.480 e. The van der Waals surface area contributed by atoms with Crippen molar-refractivity contribution in [2.75, 3.05) is 5.33 Å². The van der Waals surface area contributed by atoms with Crippen molar-refractivity contribution in [1.82, 2.24) is 5.32 Å². The van der Waals surface area contributed by atoms with Crippen molar-refractivity contribution in [1.29, 1.82) is 0 Å². The number of halogens is 1. The largest absolute Gasteiger partial charge is 0.480 e. The predicted molar refractivity (Wildman–Crippen MR) is 39.0 cm³/mol. The summed E-state index contributed by atoms with van der Waals surface area (Å²) in [6.45, 7) is 1.28. The van der Waals surface area contributed by atoms with Crippen LogP contribution in [0.2, 0.25) is 0 Å². The third kappa shape index (κ3) is 3.45. The van der Waals surface area contributed by atoms with Crippen LogP contribution in [0.25, 0.3) is 0 Å². The molecular weight excluding hydrogens is 202 g/mol. The van der Waals surface area contributed by atoms with E-state index in [1.54, 1.807) is 0 Å². The number of carbonyl (C=O) groups is 2. The van der Waals surface area contributed by atoms with Gasteiger partial charge in [-0.25, -0.2) is 4.79 Å². The van der Waals surface area contributed by atoms with Crippen molar-refractivity contribution >= 4 is 27.8 Å². The smallest absolute Gasteiger partial charge is 0.327 e. The highest BCUT2D eigenvalue weighted by Crippen LogP contribution is 1.90. The van der Waals surface area contributed by atoms with Crippen molar-refractivity contribution in [3.8, 4) is 0 Å². The van der Waals surface area contributed by atoms with Crippen molar-refractivity contribution in [3.05, 3.63) is 0 Å². The van der Waals surface area contributed by atoms with Crippen LogP contribution in [0.1, 0.15) is 6.92 Å². The number of amides is 1. The van der Waals surface area contributed by atoms with Crippen LogP contribution >= 0.6 is 15.9 Å². The predicted octanol–water partition coefficient (Wildman–Crippen LogP) is -0.0294. The highest BCUT2D eigenvalue weighted by atomic mass is 79.9. The van der Waals surface area contributed by atoms with Gasteiger partial charge in [0.2, 0.25) is 5.91 Å². The van der Waals surface area contributed by atoms with Gasteiger partial charge in [0.25, 0.3) is 0 Å². The first-order valence-corrected chi connectivity index (χ1v) is 3.76. The molecule has 0 aliphatic carbocycles. The summed E-state index contributed by atoms with van der Waals surface area (Å²) in [7, 11) is 0. The highest BCUT2D eigenvalue weighted by Gasteiger charge is 2.15. The maximum atomic E-state index is 10.3. The van der Waals surface area contributed by atoms with E-state index >= 15 is 0 Å². The molecule has 0 radical (unpaired) electrons. The van der Waals surface area contributed by atoms with Gasteiger partial charge in [0, 0.05) is 12.3 Å². The van der Waals surface area contributed by atoms with Crippen LogP contribution in [0.5, 0.6) is 0 Å². The van der Waals surface area contributed by atoms with E-state index in [2.05, 4.69) is 21.2 Å². The molecule has 1 atom stereocenters. The van der Waals surface area contributed by atoms with E-state index in [0.29, 0.717) is 0 Å². The number of nitrogens with one attached hydrogen (secondary N) is 1. The molecule has 0 bridgehead atoms. The lowest BCUT2D eigenvalue weighted by atomic mass is 10.3. The van der Waals surface area contributed by atoms with Crippen LogP contribution in [0.15, 0.2) is 0 Å². The number of alkyl halides is 1. The second kappa shape index (κ2) is 4.27. The molecular formula is C5H8BrNO3. The normalized spacial score (nSPS) is 12.2. The summed E-state index contributed by atoms with van der Waals surface area (Å²) >= 11 is 2.95. The molecule has 0 aromatic rings. The minimum absolute atomic E-state index is 0.224. The third-order valence-corrected chi connectivity index (χ3v) is 1.48. The monoisotopic (exact) mass is 209 g/mol. The number of aliphatic carboxylic acids is 1. The average molecular weight is 210 g/mol. The molecule has 0 aliphatic rings. The standard InChI is InChI=1S/C5H8BrNO3/c1-3(8)7-4(2-6)5(9)10/h4H,2H2,1H3,(H,7,8)(H,9,10)/t4-/m1/s1. The summed E-state index contributed by atoms with van der Waals surface area (Å²) in [5.74, 6) is -1.38. The fourth-order valence-corrected chi connectivity index (χ4v) is 0.850. The molecule has 0 fully saturated rings. The first-order chi connectivity index (χ1) is 4.57. The summed E-state index contributed by atoms with van der Waals surface area (Å²) in [5.41, 5.74) is 0. The molecule has 0 rings (SSSR count). The molecule has 0 spiro atoms. The number of hydrogen-bond donors (Lipinski definition) is 2. The molecule has 10 heavy (non-hydrogen) atoms. The molecule has 0 saturated heterocycles. The van der Waals surface area contributed by atoms with E-state index in [1.165, 1.54) is 6.92 Å². The Morgan fingerprint density at radius 2 is 2.20 bits per heavy atom. The molecule has 0 aromatic heterocycles. The molecule has 1 amide bonds. The van der Waals surface area contributed by atoms with E-state index in [9.17, 15) is 9.59 Å². The van der Waals surface area contributed by atoms with Gasteiger partial charge >= 0.3 is 5.97 Å². The lowest BCUT2D eigenvalue weighted by Gasteiger charge is -2.07. The maximum Gasteiger partial charge on any atom is 0.327 e. The first kappa shape index (κ1) is 9.42. The lowest BCUT2D eigenvalue weighted by Crippen LogP contribution is -2.40. The molecule has 5 heteroatoms. The SMILES string of the molecule is CC(=O)N[C@H](CBr)C(=O)O. The summed E-state index contributed by atoms with van der Waals surface area (Å²) in [6, 6.07) is -0.822. The maximum absolute atomic E-state index is 10.3. The van der Waals surface area contributed by atoms with E-state index in [1.807, 2.05) is 0 Å². The van der Waals surface area contributed by atoms with Crippen molar-refractivity contribution < 1.29 is 14.7 Å².